The van der Waals surface area contributed by atoms with Crippen molar-refractivity contribution >= 4 is 15.9 Å². The molecule has 0 radical (unpaired) electrons. The average Bonchev–Trinajstić information content (AvgIpc) is 2.68. The second kappa shape index (κ2) is 8.33. The summed E-state index contributed by atoms with van der Waals surface area (Å²) >= 11 is 0. The predicted octanol–water partition coefficient (Wildman–Crippen LogP) is 2.03. The van der Waals surface area contributed by atoms with E-state index in [1.165, 1.54) is 4.31 Å². The summed E-state index contributed by atoms with van der Waals surface area (Å²) < 4.78 is 32.1. The minimum atomic E-state index is -3.46. The summed E-state index contributed by atoms with van der Waals surface area (Å²) in [5.74, 6) is 0.449. The Labute approximate surface area is 153 Å². The summed E-state index contributed by atoms with van der Waals surface area (Å²) in [7, 11) is -3.46. The van der Waals surface area contributed by atoms with Crippen LogP contribution in [0.3, 0.4) is 0 Å². The zero-order valence-corrected chi connectivity index (χ0v) is 15.2. The highest BCUT2D eigenvalue weighted by atomic mass is 32.2. The van der Waals surface area contributed by atoms with Gasteiger partial charge in [-0.2, -0.15) is 4.31 Å². The summed E-state index contributed by atoms with van der Waals surface area (Å²) in [6.07, 6.45) is 1.17. The van der Waals surface area contributed by atoms with Crippen LogP contribution in [0.1, 0.15) is 12.8 Å². The number of nitrogens with one attached hydrogen (secondary N) is 1. The Morgan fingerprint density at radius 3 is 2.19 bits per heavy atom. The predicted molar refractivity (Wildman–Crippen MR) is 98.3 cm³/mol. The van der Waals surface area contributed by atoms with Crippen molar-refractivity contribution in [2.75, 3.05) is 19.7 Å². The van der Waals surface area contributed by atoms with Gasteiger partial charge in [-0.1, -0.05) is 36.4 Å². The van der Waals surface area contributed by atoms with E-state index in [0.29, 0.717) is 36.6 Å². The van der Waals surface area contributed by atoms with Gasteiger partial charge in [0.05, 0.1) is 4.90 Å². The summed E-state index contributed by atoms with van der Waals surface area (Å²) in [5, 5.41) is 2.92. The third-order valence-corrected chi connectivity index (χ3v) is 6.23. The van der Waals surface area contributed by atoms with Gasteiger partial charge in [-0.05, 0) is 37.1 Å². The van der Waals surface area contributed by atoms with E-state index >= 15 is 0 Å². The summed E-state index contributed by atoms with van der Waals surface area (Å²) in [6, 6.07) is 17.5. The van der Waals surface area contributed by atoms with Gasteiger partial charge in [-0.15, -0.1) is 0 Å². The van der Waals surface area contributed by atoms with E-state index in [1.807, 2.05) is 18.2 Å². The SMILES string of the molecule is O=C(COc1ccccc1)NC1CCN(S(=O)(=O)c2ccccc2)CC1. The first-order valence-corrected chi connectivity index (χ1v) is 10.0. The summed E-state index contributed by atoms with van der Waals surface area (Å²) in [6.45, 7) is 0.732. The molecule has 2 aromatic rings. The topological polar surface area (TPSA) is 75.7 Å². The molecule has 0 atom stereocenters. The van der Waals surface area contributed by atoms with Gasteiger partial charge in [-0.25, -0.2) is 8.42 Å². The molecule has 0 saturated carbocycles. The first-order valence-electron chi connectivity index (χ1n) is 8.58. The molecule has 1 saturated heterocycles. The number of hydrogen-bond acceptors (Lipinski definition) is 4. The zero-order chi connectivity index (χ0) is 18.4. The molecule has 7 heteroatoms. The molecule has 1 N–H and O–H groups in total. The van der Waals surface area contributed by atoms with E-state index in [9.17, 15) is 13.2 Å². The van der Waals surface area contributed by atoms with E-state index in [2.05, 4.69) is 5.32 Å². The largest absolute Gasteiger partial charge is 0.484 e. The van der Waals surface area contributed by atoms with Crippen LogP contribution in [0.2, 0.25) is 0 Å². The molecule has 6 nitrogen and oxygen atoms in total. The summed E-state index contributed by atoms with van der Waals surface area (Å²) in [4.78, 5) is 12.3. The van der Waals surface area contributed by atoms with Crippen molar-refractivity contribution in [1.29, 1.82) is 0 Å². The normalized spacial score (nSPS) is 16.2. The molecule has 1 amide bonds. The molecule has 1 fully saturated rings. The third-order valence-electron chi connectivity index (χ3n) is 4.31. The van der Waals surface area contributed by atoms with Crippen LogP contribution in [0.4, 0.5) is 0 Å². The monoisotopic (exact) mass is 374 g/mol. The Balaban J connectivity index is 1.47. The molecule has 138 valence electrons. The van der Waals surface area contributed by atoms with Crippen LogP contribution in [-0.4, -0.2) is 44.4 Å². The third kappa shape index (κ3) is 4.62. The standard InChI is InChI=1S/C19H22N2O4S/c22-19(15-25-17-7-3-1-4-8-17)20-16-11-13-21(14-12-16)26(23,24)18-9-5-2-6-10-18/h1-10,16H,11-15H2,(H,20,22). The first kappa shape index (κ1) is 18.4. The molecular weight excluding hydrogens is 352 g/mol. The number of carbonyl (C=O) groups is 1. The molecule has 26 heavy (non-hydrogen) atoms. The molecule has 0 bridgehead atoms. The smallest absolute Gasteiger partial charge is 0.258 e. The van der Waals surface area contributed by atoms with E-state index in [1.54, 1.807) is 42.5 Å². The van der Waals surface area contributed by atoms with E-state index < -0.39 is 10.0 Å². The van der Waals surface area contributed by atoms with Gasteiger partial charge in [0, 0.05) is 19.1 Å². The van der Waals surface area contributed by atoms with E-state index in [-0.39, 0.29) is 18.6 Å². The van der Waals surface area contributed by atoms with Crippen LogP contribution in [0.25, 0.3) is 0 Å². The van der Waals surface area contributed by atoms with Crippen molar-refractivity contribution in [2.24, 2.45) is 0 Å². The van der Waals surface area contributed by atoms with Crippen molar-refractivity contribution in [1.82, 2.24) is 9.62 Å². The van der Waals surface area contributed by atoms with Crippen LogP contribution < -0.4 is 10.1 Å². The minimum Gasteiger partial charge on any atom is -0.484 e. The molecule has 0 aromatic heterocycles. The van der Waals surface area contributed by atoms with E-state index in [0.717, 1.165) is 0 Å². The van der Waals surface area contributed by atoms with Gasteiger partial charge < -0.3 is 10.1 Å². The average molecular weight is 374 g/mol. The Bertz CT molecular complexity index is 817. The Kier molecular flexibility index (Phi) is 5.90. The lowest BCUT2D eigenvalue weighted by Gasteiger charge is -2.31. The highest BCUT2D eigenvalue weighted by Gasteiger charge is 2.29. The van der Waals surface area contributed by atoms with E-state index in [4.69, 9.17) is 4.74 Å². The lowest BCUT2D eigenvalue weighted by Crippen LogP contribution is -2.47. The second-order valence-electron chi connectivity index (χ2n) is 6.16. The van der Waals surface area contributed by atoms with Crippen LogP contribution >= 0.6 is 0 Å². The minimum absolute atomic E-state index is 0.0379. The van der Waals surface area contributed by atoms with Gasteiger partial charge in [0.2, 0.25) is 10.0 Å². The molecule has 2 aromatic carbocycles. The number of rotatable bonds is 6. The second-order valence-corrected chi connectivity index (χ2v) is 8.10. The van der Waals surface area contributed by atoms with Gasteiger partial charge in [0.25, 0.3) is 5.91 Å². The van der Waals surface area contributed by atoms with Crippen molar-refractivity contribution in [2.45, 2.75) is 23.8 Å². The van der Waals surface area contributed by atoms with Crippen molar-refractivity contribution in [3.8, 4) is 5.75 Å². The van der Waals surface area contributed by atoms with Crippen LogP contribution in [0.5, 0.6) is 5.75 Å². The van der Waals surface area contributed by atoms with Gasteiger partial charge in [-0.3, -0.25) is 4.79 Å². The molecule has 1 aliphatic heterocycles. The molecule has 0 unspecified atom stereocenters. The Morgan fingerprint density at radius 2 is 1.58 bits per heavy atom. The van der Waals surface area contributed by atoms with Crippen LogP contribution in [0, 0.1) is 0 Å². The molecule has 1 heterocycles. The highest BCUT2D eigenvalue weighted by Crippen LogP contribution is 2.20. The lowest BCUT2D eigenvalue weighted by atomic mass is 10.1. The van der Waals surface area contributed by atoms with Crippen molar-refractivity contribution < 1.29 is 17.9 Å². The molecular formula is C19H22N2O4S. The summed E-state index contributed by atoms with van der Waals surface area (Å²) in [5.41, 5.74) is 0. The maximum atomic E-state index is 12.6. The highest BCUT2D eigenvalue weighted by molar-refractivity contribution is 7.89. The molecule has 0 aliphatic carbocycles. The number of amides is 1. The number of para-hydroxylation sites is 1. The van der Waals surface area contributed by atoms with Crippen LogP contribution in [0.15, 0.2) is 65.6 Å². The van der Waals surface area contributed by atoms with Crippen molar-refractivity contribution in [3.05, 3.63) is 60.7 Å². The molecule has 1 aliphatic rings. The fourth-order valence-corrected chi connectivity index (χ4v) is 4.41. The van der Waals surface area contributed by atoms with Gasteiger partial charge in [0.1, 0.15) is 5.75 Å². The maximum Gasteiger partial charge on any atom is 0.258 e. The number of sulfonamides is 1. The Hall–Kier alpha value is -2.38. The lowest BCUT2D eigenvalue weighted by molar-refractivity contribution is -0.124. The molecule has 3 rings (SSSR count). The molecule has 0 spiro atoms. The zero-order valence-electron chi connectivity index (χ0n) is 14.4. The fourth-order valence-electron chi connectivity index (χ4n) is 2.92. The first-order chi connectivity index (χ1) is 12.6. The fraction of sp³-hybridized carbons (Fsp3) is 0.316. The van der Waals surface area contributed by atoms with Gasteiger partial charge >= 0.3 is 0 Å². The van der Waals surface area contributed by atoms with Crippen molar-refractivity contribution in [3.63, 3.8) is 0 Å². The Morgan fingerprint density at radius 1 is 1.00 bits per heavy atom. The number of ether oxygens (including phenoxy) is 1. The van der Waals surface area contributed by atoms with Gasteiger partial charge in [0.15, 0.2) is 6.61 Å². The number of piperidine rings is 1. The quantitative estimate of drug-likeness (QED) is 0.840. The number of nitrogens with zero attached hydrogens (tertiary/aromatic N) is 1. The number of hydrogen-bond donors (Lipinski definition) is 1. The number of benzene rings is 2. The maximum absolute atomic E-state index is 12.6. The number of carbonyl (C=O) groups excluding carboxylic acids is 1. The van der Waals surface area contributed by atoms with Crippen LogP contribution in [-0.2, 0) is 14.8 Å².